The molecule has 2 saturated heterocycles. The fourth-order valence-corrected chi connectivity index (χ4v) is 6.59. The number of likely N-dealkylation sites (tertiary alicyclic amines) is 1. The number of hydrogen-bond acceptors (Lipinski definition) is 9. The zero-order valence-corrected chi connectivity index (χ0v) is 25.7. The van der Waals surface area contributed by atoms with Gasteiger partial charge in [0.15, 0.2) is 0 Å². The van der Waals surface area contributed by atoms with E-state index in [1.165, 1.54) is 4.90 Å². The first-order chi connectivity index (χ1) is 22.2. The summed E-state index contributed by atoms with van der Waals surface area (Å²) in [6, 6.07) is 10.6. The third-order valence-electron chi connectivity index (χ3n) is 9.01. The number of benzene rings is 2. The molecule has 3 aliphatic rings. The number of fused-ring (bicyclic) bond motifs is 2. The second-order valence-corrected chi connectivity index (χ2v) is 11.9. The number of aryl methyl sites for hydroxylation is 1. The van der Waals surface area contributed by atoms with E-state index in [1.54, 1.807) is 44.3 Å². The summed E-state index contributed by atoms with van der Waals surface area (Å²) in [5, 5.41) is 3.67. The molecule has 12 nitrogen and oxygen atoms in total. The van der Waals surface area contributed by atoms with Gasteiger partial charge in [0.25, 0.3) is 11.5 Å². The van der Waals surface area contributed by atoms with Crippen molar-refractivity contribution in [1.82, 2.24) is 24.7 Å². The van der Waals surface area contributed by atoms with Crippen molar-refractivity contribution in [3.8, 4) is 28.4 Å². The molecule has 46 heavy (non-hydrogen) atoms. The number of ether oxygens (including phenoxy) is 3. The van der Waals surface area contributed by atoms with Crippen molar-refractivity contribution in [2.45, 2.75) is 38.1 Å². The number of hydrogen-bond donors (Lipinski definition) is 1. The summed E-state index contributed by atoms with van der Waals surface area (Å²) < 4.78 is 19.4. The highest BCUT2D eigenvalue weighted by atomic mass is 16.5. The van der Waals surface area contributed by atoms with E-state index in [0.29, 0.717) is 60.8 Å². The Balaban J connectivity index is 1.04. The molecule has 0 saturated carbocycles. The minimum absolute atomic E-state index is 0.0670. The van der Waals surface area contributed by atoms with E-state index in [9.17, 15) is 19.2 Å². The summed E-state index contributed by atoms with van der Waals surface area (Å²) in [5.41, 5.74) is 3.87. The number of piperidine rings is 1. The van der Waals surface area contributed by atoms with Crippen LogP contribution >= 0.6 is 0 Å². The highest BCUT2D eigenvalue weighted by Gasteiger charge is 2.39. The molecule has 2 aromatic heterocycles. The van der Waals surface area contributed by atoms with E-state index in [0.717, 1.165) is 27.6 Å². The minimum Gasteiger partial charge on any atom is -0.496 e. The maximum Gasteiger partial charge on any atom is 0.259 e. The summed E-state index contributed by atoms with van der Waals surface area (Å²) in [6.07, 6.45) is 5.55. The van der Waals surface area contributed by atoms with E-state index < -0.39 is 11.9 Å². The van der Waals surface area contributed by atoms with Gasteiger partial charge in [-0.3, -0.25) is 34.4 Å². The van der Waals surface area contributed by atoms with Gasteiger partial charge in [-0.1, -0.05) is 6.07 Å². The van der Waals surface area contributed by atoms with Gasteiger partial charge in [-0.2, -0.15) is 0 Å². The Bertz CT molecular complexity index is 1940. The van der Waals surface area contributed by atoms with Gasteiger partial charge in [-0.25, -0.2) is 0 Å². The van der Waals surface area contributed by atoms with Gasteiger partial charge in [0, 0.05) is 69.4 Å². The second-order valence-electron chi connectivity index (χ2n) is 11.9. The molecule has 236 valence electrons. The number of methoxy groups -OCH3 is 2. The number of amides is 3. The van der Waals surface area contributed by atoms with Crippen molar-refractivity contribution in [3.63, 3.8) is 0 Å². The van der Waals surface area contributed by atoms with Crippen LogP contribution in [0.1, 0.15) is 34.3 Å². The molecule has 0 aliphatic carbocycles. The Morgan fingerprint density at radius 2 is 1.72 bits per heavy atom. The Morgan fingerprint density at radius 3 is 2.43 bits per heavy atom. The highest BCUT2D eigenvalue weighted by molar-refractivity contribution is 6.05. The molecule has 3 aliphatic heterocycles. The predicted octanol–water partition coefficient (Wildman–Crippen LogP) is 2.64. The molecule has 2 fully saturated rings. The first-order valence-electron chi connectivity index (χ1n) is 15.1. The number of rotatable bonds is 8. The monoisotopic (exact) mass is 623 g/mol. The minimum atomic E-state index is -0.650. The Morgan fingerprint density at radius 1 is 0.957 bits per heavy atom. The molecular formula is C34H33N5O7. The van der Waals surface area contributed by atoms with Crippen LogP contribution in [0.2, 0.25) is 0 Å². The number of aromatic nitrogens is 2. The third kappa shape index (κ3) is 5.14. The van der Waals surface area contributed by atoms with Gasteiger partial charge in [0.05, 0.1) is 25.2 Å². The van der Waals surface area contributed by atoms with Crippen LogP contribution in [0.4, 0.5) is 0 Å². The lowest BCUT2D eigenvalue weighted by Crippen LogP contribution is -2.53. The van der Waals surface area contributed by atoms with Crippen molar-refractivity contribution in [1.29, 1.82) is 0 Å². The molecule has 7 rings (SSSR count). The lowest BCUT2D eigenvalue weighted by Gasteiger charge is -2.39. The van der Waals surface area contributed by atoms with Crippen LogP contribution in [-0.4, -0.2) is 76.5 Å². The van der Waals surface area contributed by atoms with Crippen LogP contribution in [0.3, 0.4) is 0 Å². The lowest BCUT2D eigenvalue weighted by atomic mass is 9.98. The molecule has 5 heterocycles. The predicted molar refractivity (Wildman–Crippen MR) is 168 cm³/mol. The Labute approximate surface area is 264 Å². The molecule has 0 radical (unpaired) electrons. The summed E-state index contributed by atoms with van der Waals surface area (Å²) >= 11 is 0. The molecule has 1 unspecified atom stereocenters. The SMILES string of the molecule is COc1cc(-c2cn(C)c(=O)c3cnccc23)cc(OC)c1CN1CC(Oc2ccc3c(c2)C(=O)N(C2CCC(=O)NC2=O)C3)C1. The number of carbonyl (C=O) groups excluding carboxylic acids is 3. The van der Waals surface area contributed by atoms with Crippen molar-refractivity contribution >= 4 is 28.5 Å². The molecule has 0 bridgehead atoms. The van der Waals surface area contributed by atoms with E-state index in [2.05, 4.69) is 15.2 Å². The number of nitrogens with one attached hydrogen (secondary N) is 1. The molecule has 1 atom stereocenters. The van der Waals surface area contributed by atoms with Crippen LogP contribution < -0.4 is 25.1 Å². The number of imide groups is 1. The maximum absolute atomic E-state index is 13.2. The van der Waals surface area contributed by atoms with Gasteiger partial charge in [0.1, 0.15) is 29.4 Å². The smallest absolute Gasteiger partial charge is 0.259 e. The normalized spacial score (nSPS) is 18.4. The summed E-state index contributed by atoms with van der Waals surface area (Å²) in [4.78, 5) is 57.7. The standard InChI is InChI=1S/C34H33N5O7/c1-37-17-26(23-8-9-35-13-25(23)33(37)42)20-10-29(44-2)27(30(11-20)45-3)18-38-15-22(16-38)46-21-5-4-19-14-39(34(43)24(19)12-21)28-6-7-31(40)36-32(28)41/h4-5,8-13,17,22,28H,6-7,14-16,18H2,1-3H3,(H,36,40,41). The number of carbonyl (C=O) groups is 3. The van der Waals surface area contributed by atoms with Crippen LogP contribution in [0.15, 0.2) is 59.8 Å². The topological polar surface area (TPSA) is 132 Å². The van der Waals surface area contributed by atoms with Crippen LogP contribution in [-0.2, 0) is 29.7 Å². The van der Waals surface area contributed by atoms with Gasteiger partial charge in [-0.15, -0.1) is 0 Å². The molecule has 12 heteroatoms. The highest BCUT2D eigenvalue weighted by Crippen LogP contribution is 2.39. The Kier molecular flexibility index (Phi) is 7.44. The van der Waals surface area contributed by atoms with Gasteiger partial charge in [0.2, 0.25) is 11.8 Å². The van der Waals surface area contributed by atoms with E-state index in [1.807, 2.05) is 36.5 Å². The van der Waals surface area contributed by atoms with Crippen LogP contribution in [0, 0.1) is 0 Å². The van der Waals surface area contributed by atoms with E-state index in [4.69, 9.17) is 14.2 Å². The van der Waals surface area contributed by atoms with Crippen molar-refractivity contribution in [2.24, 2.45) is 7.05 Å². The third-order valence-corrected chi connectivity index (χ3v) is 9.01. The molecule has 0 spiro atoms. The number of pyridine rings is 2. The summed E-state index contributed by atoms with van der Waals surface area (Å²) in [5.74, 6) is 0.984. The fraction of sp³-hybridized carbons (Fsp3) is 0.324. The first kappa shape index (κ1) is 29.5. The number of nitrogens with zero attached hydrogens (tertiary/aromatic N) is 4. The first-order valence-corrected chi connectivity index (χ1v) is 15.1. The van der Waals surface area contributed by atoms with Crippen molar-refractivity contribution < 1.29 is 28.6 Å². The molecule has 1 N–H and O–H groups in total. The molecule has 3 amide bonds. The molecular weight excluding hydrogens is 590 g/mol. The second kappa shape index (κ2) is 11.6. The molecule has 2 aromatic carbocycles. The zero-order valence-electron chi connectivity index (χ0n) is 25.7. The van der Waals surface area contributed by atoms with Gasteiger partial charge >= 0.3 is 0 Å². The average Bonchev–Trinajstić information content (AvgIpc) is 3.36. The maximum atomic E-state index is 13.2. The Hall–Kier alpha value is -5.23. The summed E-state index contributed by atoms with van der Waals surface area (Å²) in [7, 11) is 4.98. The zero-order chi connectivity index (χ0) is 32.1. The van der Waals surface area contributed by atoms with Crippen LogP contribution in [0.5, 0.6) is 17.2 Å². The van der Waals surface area contributed by atoms with Crippen molar-refractivity contribution in [2.75, 3.05) is 27.3 Å². The van der Waals surface area contributed by atoms with Gasteiger partial charge in [-0.05, 0) is 53.3 Å². The van der Waals surface area contributed by atoms with Crippen LogP contribution in [0.25, 0.3) is 21.9 Å². The average molecular weight is 624 g/mol. The quantitative estimate of drug-likeness (QED) is 0.294. The van der Waals surface area contributed by atoms with E-state index >= 15 is 0 Å². The molecule has 4 aromatic rings. The van der Waals surface area contributed by atoms with E-state index in [-0.39, 0.29) is 29.9 Å². The summed E-state index contributed by atoms with van der Waals surface area (Å²) in [6.45, 7) is 2.24. The largest absolute Gasteiger partial charge is 0.496 e. The van der Waals surface area contributed by atoms with Gasteiger partial charge < -0.3 is 23.7 Å². The fourth-order valence-electron chi connectivity index (χ4n) is 6.59. The van der Waals surface area contributed by atoms with Crippen molar-refractivity contribution in [3.05, 3.63) is 82.0 Å². The lowest BCUT2D eigenvalue weighted by molar-refractivity contribution is -0.136.